The Labute approximate surface area is 160 Å². The summed E-state index contributed by atoms with van der Waals surface area (Å²) < 4.78 is 35.1. The predicted octanol–water partition coefficient (Wildman–Crippen LogP) is 2.11. The summed E-state index contributed by atoms with van der Waals surface area (Å²) in [5.41, 5.74) is 1.62. The third-order valence-corrected chi connectivity index (χ3v) is 4.97. The molecule has 0 aliphatic heterocycles. The quantitative estimate of drug-likeness (QED) is 0.669. The van der Waals surface area contributed by atoms with Crippen molar-refractivity contribution in [3.8, 4) is 5.75 Å². The van der Waals surface area contributed by atoms with Crippen LogP contribution in [-0.4, -0.2) is 51.7 Å². The average molecular weight is 392 g/mol. The Morgan fingerprint density at radius 3 is 2.33 bits per heavy atom. The number of nitrogens with one attached hydrogen (secondary N) is 1. The van der Waals surface area contributed by atoms with Gasteiger partial charge in [-0.15, -0.1) is 0 Å². The van der Waals surface area contributed by atoms with Crippen molar-refractivity contribution in [2.45, 2.75) is 6.61 Å². The first-order valence-corrected chi connectivity index (χ1v) is 10.2. The fourth-order valence-corrected chi connectivity index (χ4v) is 3.05. The molecule has 0 aliphatic carbocycles. The lowest BCUT2D eigenvalue weighted by Gasteiger charge is -2.19. The van der Waals surface area contributed by atoms with Crippen LogP contribution in [0.15, 0.2) is 54.6 Å². The molecule has 1 N–H and O–H groups in total. The van der Waals surface area contributed by atoms with Crippen molar-refractivity contribution in [3.05, 3.63) is 60.2 Å². The van der Waals surface area contributed by atoms with Crippen molar-refractivity contribution in [2.75, 3.05) is 38.4 Å². The molecule has 0 atom stereocenters. The molecule has 2 aromatic carbocycles. The number of methoxy groups -OCH3 is 1. The summed E-state index contributed by atoms with van der Waals surface area (Å²) in [4.78, 5) is 12.1. The number of ether oxygens (including phenoxy) is 2. The molecule has 0 heterocycles. The molecular formula is C19H24N2O5S. The van der Waals surface area contributed by atoms with Gasteiger partial charge in [-0.25, -0.2) is 8.42 Å². The molecule has 0 bridgehead atoms. The highest BCUT2D eigenvalue weighted by molar-refractivity contribution is 7.88. The lowest BCUT2D eigenvalue weighted by molar-refractivity contribution is -0.116. The molecule has 27 heavy (non-hydrogen) atoms. The molecule has 2 rings (SSSR count). The Hall–Kier alpha value is -2.42. The first-order valence-electron chi connectivity index (χ1n) is 8.39. The van der Waals surface area contributed by atoms with Crippen molar-refractivity contribution in [2.24, 2.45) is 0 Å². The summed E-state index contributed by atoms with van der Waals surface area (Å²) in [7, 11) is -2.02. The molecule has 146 valence electrons. The lowest BCUT2D eigenvalue weighted by Crippen LogP contribution is -2.39. The van der Waals surface area contributed by atoms with Crippen LogP contribution in [-0.2, 0) is 26.2 Å². The van der Waals surface area contributed by atoms with Gasteiger partial charge in [0.2, 0.25) is 15.9 Å². The molecule has 0 unspecified atom stereocenters. The number of benzene rings is 2. The first-order chi connectivity index (χ1) is 12.9. The zero-order valence-corrected chi connectivity index (χ0v) is 16.2. The molecule has 7 nitrogen and oxygen atoms in total. The van der Waals surface area contributed by atoms with Crippen LogP contribution in [0.25, 0.3) is 0 Å². The van der Waals surface area contributed by atoms with Gasteiger partial charge in [0.1, 0.15) is 12.4 Å². The van der Waals surface area contributed by atoms with Crippen LogP contribution >= 0.6 is 0 Å². The van der Waals surface area contributed by atoms with E-state index >= 15 is 0 Å². The Bertz CT molecular complexity index is 823. The molecule has 0 saturated carbocycles. The molecule has 0 saturated heterocycles. The van der Waals surface area contributed by atoms with E-state index in [0.717, 1.165) is 16.1 Å². The van der Waals surface area contributed by atoms with Gasteiger partial charge in [-0.1, -0.05) is 30.3 Å². The molecule has 8 heteroatoms. The number of rotatable bonds is 10. The second-order valence-corrected chi connectivity index (χ2v) is 7.92. The summed E-state index contributed by atoms with van der Waals surface area (Å²) in [5, 5.41) is 2.68. The third-order valence-electron chi connectivity index (χ3n) is 3.72. The topological polar surface area (TPSA) is 84.9 Å². The monoisotopic (exact) mass is 392 g/mol. The molecule has 0 aliphatic rings. The number of sulfonamides is 1. The fraction of sp³-hybridized carbons (Fsp3) is 0.316. The van der Waals surface area contributed by atoms with E-state index in [9.17, 15) is 13.2 Å². The number of hydrogen-bond acceptors (Lipinski definition) is 5. The highest BCUT2D eigenvalue weighted by atomic mass is 32.2. The molecule has 0 radical (unpaired) electrons. The van der Waals surface area contributed by atoms with E-state index in [1.54, 1.807) is 24.3 Å². The Morgan fingerprint density at radius 1 is 1.07 bits per heavy atom. The Kier molecular flexibility index (Phi) is 7.78. The van der Waals surface area contributed by atoms with Crippen LogP contribution in [0.4, 0.5) is 5.69 Å². The smallest absolute Gasteiger partial charge is 0.239 e. The van der Waals surface area contributed by atoms with Crippen molar-refractivity contribution in [1.29, 1.82) is 0 Å². The first kappa shape index (κ1) is 20.9. The van der Waals surface area contributed by atoms with Gasteiger partial charge >= 0.3 is 0 Å². The van der Waals surface area contributed by atoms with E-state index in [1.807, 2.05) is 30.3 Å². The van der Waals surface area contributed by atoms with Gasteiger partial charge in [-0.3, -0.25) is 4.79 Å². The van der Waals surface area contributed by atoms with E-state index in [1.165, 1.54) is 7.11 Å². The number of carbonyl (C=O) groups is 1. The van der Waals surface area contributed by atoms with Crippen LogP contribution < -0.4 is 10.1 Å². The Balaban J connectivity index is 1.88. The maximum absolute atomic E-state index is 12.1. The van der Waals surface area contributed by atoms with Crippen LogP contribution in [0.5, 0.6) is 5.75 Å². The van der Waals surface area contributed by atoms with E-state index in [4.69, 9.17) is 9.47 Å². The second kappa shape index (κ2) is 10.1. The minimum absolute atomic E-state index is 0.120. The van der Waals surface area contributed by atoms with Crippen LogP contribution in [0, 0.1) is 0 Å². The van der Waals surface area contributed by atoms with E-state index in [2.05, 4.69) is 5.32 Å². The fourth-order valence-electron chi connectivity index (χ4n) is 2.29. The van der Waals surface area contributed by atoms with Gasteiger partial charge in [0.05, 0.1) is 19.4 Å². The molecule has 0 spiro atoms. The highest BCUT2D eigenvalue weighted by Crippen LogP contribution is 2.17. The summed E-state index contributed by atoms with van der Waals surface area (Å²) in [5.74, 6) is 0.254. The van der Waals surface area contributed by atoms with E-state index in [0.29, 0.717) is 18.0 Å². The molecule has 0 fully saturated rings. The van der Waals surface area contributed by atoms with Gasteiger partial charge < -0.3 is 14.8 Å². The summed E-state index contributed by atoms with van der Waals surface area (Å²) in [6.45, 7) is 0.520. The molecule has 0 aromatic heterocycles. The van der Waals surface area contributed by atoms with Crippen molar-refractivity contribution < 1.29 is 22.7 Å². The van der Waals surface area contributed by atoms with Crippen LogP contribution in [0.2, 0.25) is 0 Å². The zero-order valence-electron chi connectivity index (χ0n) is 15.4. The largest absolute Gasteiger partial charge is 0.489 e. The predicted molar refractivity (Wildman–Crippen MR) is 104 cm³/mol. The van der Waals surface area contributed by atoms with E-state index < -0.39 is 15.9 Å². The van der Waals surface area contributed by atoms with Crippen LogP contribution in [0.3, 0.4) is 0 Å². The van der Waals surface area contributed by atoms with Gasteiger partial charge in [0.25, 0.3) is 0 Å². The number of carbonyl (C=O) groups excluding carboxylic acids is 1. The highest BCUT2D eigenvalue weighted by Gasteiger charge is 2.19. The minimum atomic E-state index is -3.49. The zero-order chi connectivity index (χ0) is 19.7. The van der Waals surface area contributed by atoms with Crippen LogP contribution in [0.1, 0.15) is 5.56 Å². The third kappa shape index (κ3) is 7.38. The Morgan fingerprint density at radius 2 is 1.74 bits per heavy atom. The van der Waals surface area contributed by atoms with Crippen molar-refractivity contribution in [1.82, 2.24) is 4.31 Å². The summed E-state index contributed by atoms with van der Waals surface area (Å²) >= 11 is 0. The molecule has 2 aromatic rings. The lowest BCUT2D eigenvalue weighted by atomic mass is 10.2. The maximum Gasteiger partial charge on any atom is 0.239 e. The second-order valence-electron chi connectivity index (χ2n) is 5.94. The molecule has 1 amide bonds. The average Bonchev–Trinajstić information content (AvgIpc) is 2.64. The minimum Gasteiger partial charge on any atom is -0.489 e. The number of nitrogens with zero attached hydrogens (tertiary/aromatic N) is 1. The SMILES string of the molecule is COCCN(CC(=O)Nc1ccc(OCc2ccccc2)cc1)S(C)(=O)=O. The van der Waals surface area contributed by atoms with Gasteiger partial charge in [0.15, 0.2) is 0 Å². The normalized spacial score (nSPS) is 11.4. The maximum atomic E-state index is 12.1. The standard InChI is InChI=1S/C19H24N2O5S/c1-25-13-12-21(27(2,23)24)14-19(22)20-17-8-10-18(11-9-17)26-15-16-6-4-3-5-7-16/h3-11H,12-15H2,1-2H3,(H,20,22). The van der Waals surface area contributed by atoms with Gasteiger partial charge in [0, 0.05) is 19.3 Å². The number of hydrogen-bond donors (Lipinski definition) is 1. The summed E-state index contributed by atoms with van der Waals surface area (Å²) in [6.07, 6.45) is 1.06. The number of anilines is 1. The van der Waals surface area contributed by atoms with Gasteiger partial charge in [-0.2, -0.15) is 4.31 Å². The van der Waals surface area contributed by atoms with Gasteiger partial charge in [-0.05, 0) is 29.8 Å². The molecular weight excluding hydrogens is 368 g/mol. The summed E-state index contributed by atoms with van der Waals surface area (Å²) in [6, 6.07) is 16.7. The van der Waals surface area contributed by atoms with Crippen molar-refractivity contribution in [3.63, 3.8) is 0 Å². The number of amides is 1. The van der Waals surface area contributed by atoms with Crippen molar-refractivity contribution >= 4 is 21.6 Å². The van der Waals surface area contributed by atoms with E-state index in [-0.39, 0.29) is 19.7 Å².